The van der Waals surface area contributed by atoms with Crippen molar-refractivity contribution in [2.75, 3.05) is 36.8 Å². The van der Waals surface area contributed by atoms with E-state index in [0.29, 0.717) is 24.8 Å². The van der Waals surface area contributed by atoms with Crippen LogP contribution in [0.5, 0.6) is 0 Å². The van der Waals surface area contributed by atoms with Crippen LogP contribution in [0, 0.1) is 0 Å². The smallest absolute Gasteiger partial charge is 0.324 e. The first-order valence-electron chi connectivity index (χ1n) is 6.63. The number of halogens is 2. The minimum absolute atomic E-state index is 0.251. The number of benzene rings is 1. The second-order valence-electron chi connectivity index (χ2n) is 4.74. The lowest BCUT2D eigenvalue weighted by Crippen LogP contribution is -2.28. The highest BCUT2D eigenvalue weighted by Gasteiger charge is 2.36. The molecule has 5 nitrogen and oxygen atoms in total. The highest BCUT2D eigenvalue weighted by molar-refractivity contribution is 6.18. The summed E-state index contributed by atoms with van der Waals surface area (Å²) in [5, 5.41) is 2.67. The van der Waals surface area contributed by atoms with Gasteiger partial charge in [0.25, 0.3) is 5.91 Å². The second-order valence-corrected chi connectivity index (χ2v) is 5.50. The van der Waals surface area contributed by atoms with Crippen LogP contribution in [0.4, 0.5) is 10.5 Å². The summed E-state index contributed by atoms with van der Waals surface area (Å²) >= 11 is 11.6. The molecule has 0 radical (unpaired) electrons. The Morgan fingerprint density at radius 2 is 1.90 bits per heavy atom. The first-order chi connectivity index (χ1) is 10.1. The molecular formula is C14H17Cl2N3O2. The molecule has 1 aromatic rings. The molecule has 0 spiro atoms. The zero-order valence-corrected chi connectivity index (χ0v) is 13.2. The topological polar surface area (TPSA) is 52.7 Å². The van der Waals surface area contributed by atoms with Crippen molar-refractivity contribution in [1.29, 1.82) is 0 Å². The summed E-state index contributed by atoms with van der Waals surface area (Å²) in [4.78, 5) is 26.7. The first kappa shape index (κ1) is 15.9. The lowest BCUT2D eigenvalue weighted by Gasteiger charge is -2.24. The van der Waals surface area contributed by atoms with Gasteiger partial charge in [-0.3, -0.25) is 9.69 Å². The van der Waals surface area contributed by atoms with Gasteiger partial charge in [0.15, 0.2) is 0 Å². The number of alkyl halides is 2. The van der Waals surface area contributed by atoms with Gasteiger partial charge in [0.05, 0.1) is 0 Å². The van der Waals surface area contributed by atoms with Gasteiger partial charge in [-0.15, -0.1) is 23.2 Å². The van der Waals surface area contributed by atoms with E-state index in [0.717, 1.165) is 16.2 Å². The van der Waals surface area contributed by atoms with E-state index >= 15 is 0 Å². The standard InChI is InChI=1S/C14H17Cl2N3O2/c1-18-13(20)12(17-14(18)21)10-3-2-4-11(9-10)19(7-5-15)8-6-16/h2-4,9,12H,5-8H2,1H3,(H,17,21). The van der Waals surface area contributed by atoms with Crippen molar-refractivity contribution >= 4 is 40.8 Å². The number of carbonyl (C=O) groups is 2. The molecule has 7 heteroatoms. The summed E-state index contributed by atoms with van der Waals surface area (Å²) in [7, 11) is 1.47. The minimum Gasteiger partial charge on any atom is -0.369 e. The molecule has 1 aliphatic heterocycles. The van der Waals surface area contributed by atoms with Gasteiger partial charge in [0.2, 0.25) is 0 Å². The number of carbonyl (C=O) groups excluding carboxylic acids is 2. The van der Waals surface area contributed by atoms with Crippen molar-refractivity contribution in [2.45, 2.75) is 6.04 Å². The normalized spacial score (nSPS) is 18.0. The number of urea groups is 1. The zero-order chi connectivity index (χ0) is 15.4. The lowest BCUT2D eigenvalue weighted by molar-refractivity contribution is -0.126. The van der Waals surface area contributed by atoms with Crippen LogP contribution in [-0.4, -0.2) is 48.7 Å². The van der Waals surface area contributed by atoms with Crippen molar-refractivity contribution in [3.8, 4) is 0 Å². The third kappa shape index (κ3) is 3.41. The van der Waals surface area contributed by atoms with Gasteiger partial charge in [0, 0.05) is 37.6 Å². The predicted octanol–water partition coefficient (Wildman–Crippen LogP) is 2.19. The fraction of sp³-hybridized carbons (Fsp3) is 0.429. The van der Waals surface area contributed by atoms with E-state index in [1.807, 2.05) is 24.3 Å². The molecule has 2 rings (SSSR count). The fourth-order valence-electron chi connectivity index (χ4n) is 2.28. The summed E-state index contributed by atoms with van der Waals surface area (Å²) in [5.74, 6) is 0.727. The highest BCUT2D eigenvalue weighted by Crippen LogP contribution is 2.25. The largest absolute Gasteiger partial charge is 0.369 e. The Kier molecular flexibility index (Phi) is 5.31. The van der Waals surface area contributed by atoms with Gasteiger partial charge in [-0.1, -0.05) is 12.1 Å². The zero-order valence-electron chi connectivity index (χ0n) is 11.7. The molecule has 1 atom stereocenters. The average molecular weight is 330 g/mol. The Morgan fingerprint density at radius 3 is 2.43 bits per heavy atom. The number of likely N-dealkylation sites (N-methyl/N-ethyl adjacent to an activating group) is 1. The fourth-order valence-corrected chi connectivity index (χ4v) is 2.68. The summed E-state index contributed by atoms with van der Waals surface area (Å²) < 4.78 is 0. The van der Waals surface area contributed by atoms with E-state index in [9.17, 15) is 9.59 Å². The van der Waals surface area contributed by atoms with E-state index in [2.05, 4.69) is 10.2 Å². The highest BCUT2D eigenvalue weighted by atomic mass is 35.5. The maximum absolute atomic E-state index is 12.0. The van der Waals surface area contributed by atoms with Gasteiger partial charge < -0.3 is 10.2 Å². The van der Waals surface area contributed by atoms with E-state index in [4.69, 9.17) is 23.2 Å². The van der Waals surface area contributed by atoms with Gasteiger partial charge >= 0.3 is 6.03 Å². The molecule has 1 aromatic carbocycles. The van der Waals surface area contributed by atoms with Crippen LogP contribution < -0.4 is 10.2 Å². The summed E-state index contributed by atoms with van der Waals surface area (Å²) in [6.07, 6.45) is 0. The van der Waals surface area contributed by atoms with E-state index in [1.54, 1.807) is 0 Å². The molecule has 21 heavy (non-hydrogen) atoms. The molecule has 1 unspecified atom stereocenters. The molecule has 0 saturated carbocycles. The number of nitrogens with zero attached hydrogens (tertiary/aromatic N) is 2. The van der Waals surface area contributed by atoms with Gasteiger partial charge in [0.1, 0.15) is 6.04 Å². The van der Waals surface area contributed by atoms with Crippen LogP contribution >= 0.6 is 23.2 Å². The summed E-state index contributed by atoms with van der Waals surface area (Å²) in [6, 6.07) is 6.50. The van der Waals surface area contributed by atoms with Gasteiger partial charge in [-0.05, 0) is 17.7 Å². The van der Waals surface area contributed by atoms with Crippen molar-refractivity contribution in [2.24, 2.45) is 0 Å². The summed E-state index contributed by atoms with van der Waals surface area (Å²) in [6.45, 7) is 1.34. The molecule has 3 amide bonds. The maximum atomic E-state index is 12.0. The van der Waals surface area contributed by atoms with Crippen LogP contribution in [0.15, 0.2) is 24.3 Å². The predicted molar refractivity (Wildman–Crippen MR) is 84.1 cm³/mol. The molecule has 0 bridgehead atoms. The van der Waals surface area contributed by atoms with Crippen LogP contribution in [-0.2, 0) is 4.79 Å². The van der Waals surface area contributed by atoms with Crippen LogP contribution in [0.25, 0.3) is 0 Å². The quantitative estimate of drug-likeness (QED) is 0.643. The molecule has 114 valence electrons. The van der Waals surface area contributed by atoms with E-state index in [-0.39, 0.29) is 11.9 Å². The molecule has 0 aromatic heterocycles. The Morgan fingerprint density at radius 1 is 1.24 bits per heavy atom. The Balaban J connectivity index is 2.25. The Bertz CT molecular complexity index is 533. The van der Waals surface area contributed by atoms with Gasteiger partial charge in [-0.25, -0.2) is 4.79 Å². The van der Waals surface area contributed by atoms with Crippen molar-refractivity contribution in [3.63, 3.8) is 0 Å². The molecule has 1 fully saturated rings. The number of imide groups is 1. The molecule has 1 aliphatic rings. The van der Waals surface area contributed by atoms with Crippen LogP contribution in [0.2, 0.25) is 0 Å². The Labute approximate surface area is 133 Å². The maximum Gasteiger partial charge on any atom is 0.324 e. The third-order valence-electron chi connectivity index (χ3n) is 3.43. The third-order valence-corrected chi connectivity index (χ3v) is 3.77. The van der Waals surface area contributed by atoms with Crippen molar-refractivity contribution in [3.05, 3.63) is 29.8 Å². The molecule has 1 heterocycles. The number of rotatable bonds is 6. The number of hydrogen-bond acceptors (Lipinski definition) is 3. The Hall–Kier alpha value is -1.46. The van der Waals surface area contributed by atoms with Gasteiger partial charge in [-0.2, -0.15) is 0 Å². The van der Waals surface area contributed by atoms with Crippen molar-refractivity contribution < 1.29 is 9.59 Å². The first-order valence-corrected chi connectivity index (χ1v) is 7.70. The number of nitrogens with one attached hydrogen (secondary N) is 1. The number of anilines is 1. The van der Waals surface area contributed by atoms with Crippen LogP contribution in [0.1, 0.15) is 11.6 Å². The molecular weight excluding hydrogens is 313 g/mol. The van der Waals surface area contributed by atoms with Crippen molar-refractivity contribution in [1.82, 2.24) is 10.2 Å². The van der Waals surface area contributed by atoms with E-state index in [1.165, 1.54) is 7.05 Å². The average Bonchev–Trinajstić information content (AvgIpc) is 2.75. The minimum atomic E-state index is -0.628. The van der Waals surface area contributed by atoms with E-state index < -0.39 is 6.04 Å². The summed E-state index contributed by atoms with van der Waals surface area (Å²) in [5.41, 5.74) is 1.69. The van der Waals surface area contributed by atoms with Crippen LogP contribution in [0.3, 0.4) is 0 Å². The molecule has 0 aliphatic carbocycles. The second kappa shape index (κ2) is 7.00. The molecule has 1 saturated heterocycles. The number of amides is 3. The monoisotopic (exact) mass is 329 g/mol. The lowest BCUT2D eigenvalue weighted by atomic mass is 10.1. The molecule has 1 N–H and O–H groups in total. The number of hydrogen-bond donors (Lipinski definition) is 1. The SMILES string of the molecule is CN1C(=O)NC(c2cccc(N(CCCl)CCCl)c2)C1=O.